The molecule has 1 aliphatic rings. The van der Waals surface area contributed by atoms with Crippen molar-refractivity contribution in [2.45, 2.75) is 19.3 Å². The molecule has 0 amide bonds. The third-order valence-corrected chi connectivity index (χ3v) is 10.6. The van der Waals surface area contributed by atoms with E-state index in [9.17, 15) is 0 Å². The van der Waals surface area contributed by atoms with Gasteiger partial charge in [-0.1, -0.05) is 129 Å². The van der Waals surface area contributed by atoms with Gasteiger partial charge in [-0.25, -0.2) is 0 Å². The molecular weight excluding hydrogens is 525 g/mol. The van der Waals surface area contributed by atoms with Crippen molar-refractivity contribution in [3.63, 3.8) is 0 Å². The zero-order valence-corrected chi connectivity index (χ0v) is 24.4. The summed E-state index contributed by atoms with van der Waals surface area (Å²) in [6.45, 7) is 4.74. The highest BCUT2D eigenvalue weighted by Gasteiger charge is 2.35. The molecule has 8 aromatic rings. The molecule has 0 aliphatic heterocycles. The largest absolute Gasteiger partial charge is 0.135 e. The molecule has 0 N–H and O–H groups in total. The number of hydrogen-bond acceptors (Lipinski definition) is 1. The highest BCUT2D eigenvalue weighted by Crippen LogP contribution is 2.52. The Labute approximate surface area is 249 Å². The Kier molecular flexibility index (Phi) is 4.93. The second-order valence-corrected chi connectivity index (χ2v) is 13.1. The maximum atomic E-state index is 2.47. The van der Waals surface area contributed by atoms with Gasteiger partial charge in [0.1, 0.15) is 0 Å². The van der Waals surface area contributed by atoms with Crippen LogP contribution in [-0.2, 0) is 5.41 Å². The lowest BCUT2D eigenvalue weighted by molar-refractivity contribution is 0.660. The van der Waals surface area contributed by atoms with Crippen molar-refractivity contribution in [2.24, 2.45) is 0 Å². The van der Waals surface area contributed by atoms with Crippen LogP contribution in [0.25, 0.3) is 75.1 Å². The zero-order chi connectivity index (χ0) is 28.0. The molecule has 198 valence electrons. The topological polar surface area (TPSA) is 0 Å². The van der Waals surface area contributed by atoms with Gasteiger partial charge in [0.2, 0.25) is 0 Å². The number of hydrogen-bond donors (Lipinski definition) is 0. The van der Waals surface area contributed by atoms with E-state index in [1.807, 2.05) is 11.3 Å². The summed E-state index contributed by atoms with van der Waals surface area (Å²) < 4.78 is 2.68. The van der Waals surface area contributed by atoms with Gasteiger partial charge < -0.3 is 0 Å². The zero-order valence-electron chi connectivity index (χ0n) is 23.6. The Balaban J connectivity index is 1.39. The van der Waals surface area contributed by atoms with Crippen LogP contribution in [0.5, 0.6) is 0 Å². The Bertz CT molecular complexity index is 2330. The summed E-state index contributed by atoms with van der Waals surface area (Å²) in [5.74, 6) is 0. The molecule has 0 saturated carbocycles. The van der Waals surface area contributed by atoms with Gasteiger partial charge in [-0.2, -0.15) is 0 Å². The predicted octanol–water partition coefficient (Wildman–Crippen LogP) is 12.0. The van der Waals surface area contributed by atoms with E-state index in [-0.39, 0.29) is 5.41 Å². The van der Waals surface area contributed by atoms with Crippen LogP contribution in [0, 0.1) is 0 Å². The van der Waals surface area contributed by atoms with E-state index < -0.39 is 0 Å². The smallest absolute Gasteiger partial charge is 0.0361 e. The predicted molar refractivity (Wildman–Crippen MR) is 183 cm³/mol. The van der Waals surface area contributed by atoms with Crippen LogP contribution in [0.2, 0.25) is 0 Å². The summed E-state index contributed by atoms with van der Waals surface area (Å²) in [6.07, 6.45) is 0. The highest BCUT2D eigenvalue weighted by atomic mass is 32.1. The Morgan fingerprint density at radius 1 is 0.429 bits per heavy atom. The van der Waals surface area contributed by atoms with Gasteiger partial charge >= 0.3 is 0 Å². The van der Waals surface area contributed by atoms with Gasteiger partial charge in [0.05, 0.1) is 0 Å². The molecule has 7 aromatic carbocycles. The van der Waals surface area contributed by atoms with Crippen molar-refractivity contribution in [3.8, 4) is 33.4 Å². The molecular formula is C41H28S. The van der Waals surface area contributed by atoms with Gasteiger partial charge in [0.15, 0.2) is 0 Å². The van der Waals surface area contributed by atoms with Crippen LogP contribution in [0.15, 0.2) is 133 Å². The minimum Gasteiger partial charge on any atom is -0.135 e. The number of benzene rings is 7. The maximum absolute atomic E-state index is 2.47. The van der Waals surface area contributed by atoms with Crippen molar-refractivity contribution >= 4 is 53.1 Å². The van der Waals surface area contributed by atoms with Crippen molar-refractivity contribution in [2.75, 3.05) is 0 Å². The normalized spacial score (nSPS) is 13.7. The van der Waals surface area contributed by atoms with E-state index in [4.69, 9.17) is 0 Å². The van der Waals surface area contributed by atoms with Crippen LogP contribution in [0.4, 0.5) is 0 Å². The van der Waals surface area contributed by atoms with Crippen molar-refractivity contribution in [3.05, 3.63) is 145 Å². The number of rotatable bonds is 2. The lowest BCUT2D eigenvalue weighted by atomic mass is 9.80. The molecule has 0 atom stereocenters. The number of fused-ring (bicyclic) bond motifs is 8. The molecule has 0 spiro atoms. The van der Waals surface area contributed by atoms with Gasteiger partial charge in [0, 0.05) is 25.6 Å². The second-order valence-electron chi connectivity index (χ2n) is 12.0. The summed E-state index contributed by atoms with van der Waals surface area (Å²) in [4.78, 5) is 0. The molecule has 0 unspecified atom stereocenters. The van der Waals surface area contributed by atoms with Crippen LogP contribution in [-0.4, -0.2) is 0 Å². The van der Waals surface area contributed by atoms with Crippen LogP contribution >= 0.6 is 11.3 Å². The summed E-state index contributed by atoms with van der Waals surface area (Å²) in [5.41, 5.74) is 10.8. The minimum atomic E-state index is -0.0386. The summed E-state index contributed by atoms with van der Waals surface area (Å²) >= 11 is 1.89. The van der Waals surface area contributed by atoms with E-state index in [1.54, 1.807) is 0 Å². The molecule has 1 aliphatic carbocycles. The van der Waals surface area contributed by atoms with E-state index >= 15 is 0 Å². The van der Waals surface area contributed by atoms with Gasteiger partial charge in [-0.15, -0.1) is 11.3 Å². The highest BCUT2D eigenvalue weighted by molar-refractivity contribution is 7.25. The van der Waals surface area contributed by atoms with Crippen molar-refractivity contribution in [1.29, 1.82) is 0 Å². The maximum Gasteiger partial charge on any atom is 0.0361 e. The fourth-order valence-corrected chi connectivity index (χ4v) is 8.70. The van der Waals surface area contributed by atoms with E-state index in [0.717, 1.165) is 0 Å². The standard InChI is InChI=1S/C41H28S/c1-41(2)34-19-9-7-12-26(34)27-23-22-25(24-35(27)41)38-28-13-3-5-15-30(28)39(31-16-6-4-14-29(31)38)33-18-11-21-37-40(33)32-17-8-10-20-36(32)42-37/h3-24H,1-2H3. The van der Waals surface area contributed by atoms with Crippen molar-refractivity contribution in [1.82, 2.24) is 0 Å². The van der Waals surface area contributed by atoms with E-state index in [0.29, 0.717) is 0 Å². The first kappa shape index (κ1) is 23.9. The van der Waals surface area contributed by atoms with Crippen LogP contribution < -0.4 is 0 Å². The lowest BCUT2D eigenvalue weighted by Gasteiger charge is -2.23. The number of thiophene rings is 1. The molecule has 1 aromatic heterocycles. The quantitative estimate of drug-likeness (QED) is 0.187. The van der Waals surface area contributed by atoms with E-state index in [2.05, 4.69) is 147 Å². The Morgan fingerprint density at radius 3 is 1.71 bits per heavy atom. The fourth-order valence-electron chi connectivity index (χ4n) is 7.57. The molecule has 0 saturated heterocycles. The first-order valence-corrected chi connectivity index (χ1v) is 15.5. The monoisotopic (exact) mass is 552 g/mol. The molecule has 0 bridgehead atoms. The van der Waals surface area contributed by atoms with Gasteiger partial charge in [0.25, 0.3) is 0 Å². The first-order chi connectivity index (χ1) is 20.6. The third-order valence-electron chi connectivity index (χ3n) is 9.48. The third kappa shape index (κ3) is 3.17. The van der Waals surface area contributed by atoms with Gasteiger partial charge in [-0.3, -0.25) is 0 Å². The van der Waals surface area contributed by atoms with Crippen LogP contribution in [0.3, 0.4) is 0 Å². The summed E-state index contributed by atoms with van der Waals surface area (Å²) in [7, 11) is 0. The minimum absolute atomic E-state index is 0.0386. The molecule has 42 heavy (non-hydrogen) atoms. The van der Waals surface area contributed by atoms with Crippen LogP contribution in [0.1, 0.15) is 25.0 Å². The molecule has 1 heteroatoms. The average molecular weight is 553 g/mol. The van der Waals surface area contributed by atoms with Crippen molar-refractivity contribution < 1.29 is 0 Å². The molecule has 9 rings (SSSR count). The summed E-state index contributed by atoms with van der Waals surface area (Å²) in [5, 5.41) is 7.91. The molecule has 0 radical (unpaired) electrons. The fraction of sp³-hybridized carbons (Fsp3) is 0.0732. The van der Waals surface area contributed by atoms with E-state index in [1.165, 1.54) is 86.2 Å². The second kappa shape index (κ2) is 8.64. The molecule has 0 nitrogen and oxygen atoms in total. The Hall–Kier alpha value is -4.72. The average Bonchev–Trinajstić information content (AvgIpc) is 3.52. The SMILES string of the molecule is CC1(C)c2ccccc2-c2ccc(-c3c4ccccc4c(-c4cccc5sc6ccccc6c45)c4ccccc34)cc21. The summed E-state index contributed by atoms with van der Waals surface area (Å²) in [6, 6.07) is 49.8. The first-order valence-electron chi connectivity index (χ1n) is 14.7. The molecule has 0 fully saturated rings. The molecule has 1 heterocycles. The Morgan fingerprint density at radius 2 is 0.976 bits per heavy atom. The van der Waals surface area contributed by atoms with Gasteiger partial charge in [-0.05, 0) is 84.3 Å². The lowest BCUT2D eigenvalue weighted by Crippen LogP contribution is -2.14.